The van der Waals surface area contributed by atoms with Gasteiger partial charge in [-0.05, 0) is 36.8 Å². The van der Waals surface area contributed by atoms with E-state index in [1.54, 1.807) is 25.1 Å². The Bertz CT molecular complexity index is 1170. The van der Waals surface area contributed by atoms with Crippen molar-refractivity contribution in [1.82, 2.24) is 14.8 Å². The van der Waals surface area contributed by atoms with E-state index in [1.165, 1.54) is 17.8 Å². The number of ether oxygens (including phenoxy) is 1. The lowest BCUT2D eigenvalue weighted by molar-refractivity contribution is -0.116. The summed E-state index contributed by atoms with van der Waals surface area (Å²) in [5, 5.41) is 8.74. The lowest BCUT2D eigenvalue weighted by atomic mass is 10.1. The summed E-state index contributed by atoms with van der Waals surface area (Å²) < 4.78 is 21.5. The first-order valence-corrected chi connectivity index (χ1v) is 10.6. The van der Waals surface area contributed by atoms with E-state index in [2.05, 4.69) is 10.2 Å². The summed E-state index contributed by atoms with van der Waals surface area (Å²) in [5.74, 6) is 0.226. The molecule has 3 aromatic carbocycles. The van der Waals surface area contributed by atoms with Crippen molar-refractivity contribution in [3.63, 3.8) is 0 Å². The first-order chi connectivity index (χ1) is 15.1. The van der Waals surface area contributed by atoms with Gasteiger partial charge in [0.25, 0.3) is 0 Å². The number of carbonyl (C=O) groups is 1. The van der Waals surface area contributed by atoms with Gasteiger partial charge in [0, 0.05) is 5.69 Å². The molecule has 0 aliphatic rings. The zero-order chi connectivity index (χ0) is 21.6. The molecule has 0 N–H and O–H groups in total. The molecule has 1 aromatic heterocycles. The number of rotatable bonds is 8. The molecule has 0 fully saturated rings. The Morgan fingerprint density at radius 1 is 0.968 bits per heavy atom. The summed E-state index contributed by atoms with van der Waals surface area (Å²) in [6.07, 6.45) is 0. The number of carbonyl (C=O) groups excluding carboxylic acids is 1. The molecule has 1 atom stereocenters. The van der Waals surface area contributed by atoms with Crippen molar-refractivity contribution in [2.24, 2.45) is 0 Å². The number of Topliss-reactive ketones (excluding diaryl/α,β-unsaturated/α-hetero) is 1. The third-order valence-corrected chi connectivity index (χ3v) is 5.92. The Hall–Kier alpha value is -3.45. The molecule has 7 heteroatoms. The molecule has 0 amide bonds. The number of hydrogen-bond acceptors (Lipinski definition) is 5. The molecule has 0 saturated carbocycles. The minimum absolute atomic E-state index is 0.0166. The van der Waals surface area contributed by atoms with Gasteiger partial charge in [-0.25, -0.2) is 4.39 Å². The van der Waals surface area contributed by atoms with Crippen molar-refractivity contribution in [3.05, 3.63) is 102 Å². The largest absolute Gasteiger partial charge is 0.483 e. The highest BCUT2D eigenvalue weighted by atomic mass is 32.2. The number of aromatic nitrogens is 3. The van der Waals surface area contributed by atoms with Crippen LogP contribution in [0.4, 0.5) is 4.39 Å². The van der Waals surface area contributed by atoms with Gasteiger partial charge < -0.3 is 4.74 Å². The van der Waals surface area contributed by atoms with E-state index in [1.807, 2.05) is 65.2 Å². The fraction of sp³-hybridized carbons (Fsp3) is 0.125. The fourth-order valence-corrected chi connectivity index (χ4v) is 4.20. The van der Waals surface area contributed by atoms with E-state index >= 15 is 0 Å². The third-order valence-electron chi connectivity index (χ3n) is 4.60. The lowest BCUT2D eigenvalue weighted by Crippen LogP contribution is -2.09. The molecule has 0 unspecified atom stereocenters. The van der Waals surface area contributed by atoms with Crippen LogP contribution < -0.4 is 4.74 Å². The normalized spacial score (nSPS) is 11.8. The van der Waals surface area contributed by atoms with Crippen LogP contribution in [0.3, 0.4) is 0 Å². The molecule has 0 aliphatic heterocycles. The minimum Gasteiger partial charge on any atom is -0.483 e. The van der Waals surface area contributed by atoms with Crippen LogP contribution in [0.1, 0.15) is 23.6 Å². The zero-order valence-electron chi connectivity index (χ0n) is 16.8. The molecule has 156 valence electrons. The second kappa shape index (κ2) is 9.57. The summed E-state index contributed by atoms with van der Waals surface area (Å²) in [5.41, 5.74) is 1.73. The number of benzene rings is 3. The van der Waals surface area contributed by atoms with Crippen molar-refractivity contribution < 1.29 is 13.9 Å². The molecule has 0 saturated heterocycles. The van der Waals surface area contributed by atoms with Crippen LogP contribution in [-0.4, -0.2) is 20.5 Å². The first-order valence-electron chi connectivity index (χ1n) is 9.72. The van der Waals surface area contributed by atoms with E-state index < -0.39 is 11.1 Å². The molecule has 0 radical (unpaired) electrons. The molecular formula is C24H20FN3O2S. The monoisotopic (exact) mass is 433 g/mol. The first kappa shape index (κ1) is 20.8. The van der Waals surface area contributed by atoms with Gasteiger partial charge in [0.2, 0.25) is 0 Å². The van der Waals surface area contributed by atoms with Gasteiger partial charge in [-0.3, -0.25) is 9.36 Å². The summed E-state index contributed by atoms with van der Waals surface area (Å²) in [7, 11) is 0. The van der Waals surface area contributed by atoms with Crippen LogP contribution in [0.2, 0.25) is 0 Å². The van der Waals surface area contributed by atoms with Crippen molar-refractivity contribution >= 4 is 17.5 Å². The molecule has 4 aromatic rings. The average Bonchev–Trinajstić information content (AvgIpc) is 3.20. The Kier molecular flexibility index (Phi) is 6.43. The number of halogens is 1. The van der Waals surface area contributed by atoms with Crippen LogP contribution in [0.5, 0.6) is 5.75 Å². The maximum atomic E-state index is 14.0. The number of nitrogens with zero attached hydrogens (tertiary/aromatic N) is 3. The quantitative estimate of drug-likeness (QED) is 0.348. The molecule has 0 spiro atoms. The second-order valence-corrected chi connectivity index (χ2v) is 7.88. The maximum absolute atomic E-state index is 14.0. The SMILES string of the molecule is CC(=O)[C@@H](Sc1nnc(COc2ccccc2F)n1-c1ccccc1)c1ccccc1. The highest BCUT2D eigenvalue weighted by Crippen LogP contribution is 2.36. The number of ketones is 1. The molecule has 5 nitrogen and oxygen atoms in total. The van der Waals surface area contributed by atoms with Gasteiger partial charge in [0.1, 0.15) is 12.4 Å². The van der Waals surface area contributed by atoms with Crippen LogP contribution in [0, 0.1) is 5.82 Å². The fourth-order valence-electron chi connectivity index (χ4n) is 3.13. The summed E-state index contributed by atoms with van der Waals surface area (Å²) in [6.45, 7) is 1.59. The predicted molar refractivity (Wildman–Crippen MR) is 118 cm³/mol. The van der Waals surface area contributed by atoms with Crippen molar-refractivity contribution in [2.45, 2.75) is 23.9 Å². The van der Waals surface area contributed by atoms with E-state index in [9.17, 15) is 9.18 Å². The van der Waals surface area contributed by atoms with Gasteiger partial charge >= 0.3 is 0 Å². The number of thioether (sulfide) groups is 1. The third kappa shape index (κ3) is 4.83. The predicted octanol–water partition coefficient (Wildman–Crippen LogP) is 5.41. The van der Waals surface area contributed by atoms with Gasteiger partial charge in [-0.15, -0.1) is 10.2 Å². The lowest BCUT2D eigenvalue weighted by Gasteiger charge is -2.15. The second-order valence-electron chi connectivity index (χ2n) is 6.81. The summed E-state index contributed by atoms with van der Waals surface area (Å²) in [4.78, 5) is 12.4. The van der Waals surface area contributed by atoms with E-state index in [0.717, 1.165) is 11.3 Å². The van der Waals surface area contributed by atoms with Crippen molar-refractivity contribution in [3.8, 4) is 11.4 Å². The zero-order valence-corrected chi connectivity index (χ0v) is 17.6. The average molecular weight is 434 g/mol. The smallest absolute Gasteiger partial charge is 0.196 e. The summed E-state index contributed by atoms with van der Waals surface area (Å²) >= 11 is 1.33. The van der Waals surface area contributed by atoms with Crippen LogP contribution in [0.15, 0.2) is 90.1 Å². The molecule has 4 rings (SSSR count). The topological polar surface area (TPSA) is 57.0 Å². The molecule has 0 bridgehead atoms. The molecule has 0 aliphatic carbocycles. The Morgan fingerprint density at radius 3 is 2.29 bits per heavy atom. The van der Waals surface area contributed by atoms with Gasteiger partial charge in [0.15, 0.2) is 22.5 Å². The molecule has 1 heterocycles. The van der Waals surface area contributed by atoms with Crippen molar-refractivity contribution in [2.75, 3.05) is 0 Å². The van der Waals surface area contributed by atoms with Crippen LogP contribution in [-0.2, 0) is 11.4 Å². The van der Waals surface area contributed by atoms with Crippen molar-refractivity contribution in [1.29, 1.82) is 0 Å². The van der Waals surface area contributed by atoms with E-state index in [0.29, 0.717) is 11.0 Å². The van der Waals surface area contributed by atoms with Gasteiger partial charge in [-0.1, -0.05) is 72.4 Å². The molecular weight excluding hydrogens is 413 g/mol. The Balaban J connectivity index is 1.68. The maximum Gasteiger partial charge on any atom is 0.196 e. The standard InChI is InChI=1S/C24H20FN3O2S/c1-17(29)23(18-10-4-2-5-11-18)31-24-27-26-22(28(24)19-12-6-3-7-13-19)16-30-21-15-9-8-14-20(21)25/h2-15,23H,16H2,1H3/t23-/m1/s1. The van der Waals surface area contributed by atoms with Crippen LogP contribution >= 0.6 is 11.8 Å². The van der Waals surface area contributed by atoms with E-state index in [-0.39, 0.29) is 18.1 Å². The highest BCUT2D eigenvalue weighted by Gasteiger charge is 2.24. The Labute approximate surface area is 183 Å². The Morgan fingerprint density at radius 2 is 1.61 bits per heavy atom. The minimum atomic E-state index is -0.441. The highest BCUT2D eigenvalue weighted by molar-refractivity contribution is 8.00. The van der Waals surface area contributed by atoms with Crippen LogP contribution in [0.25, 0.3) is 5.69 Å². The summed E-state index contributed by atoms with van der Waals surface area (Å²) in [6, 6.07) is 25.4. The van der Waals surface area contributed by atoms with Gasteiger partial charge in [-0.2, -0.15) is 0 Å². The van der Waals surface area contributed by atoms with Gasteiger partial charge in [0.05, 0.1) is 5.25 Å². The molecule has 31 heavy (non-hydrogen) atoms. The number of hydrogen-bond donors (Lipinski definition) is 0. The number of para-hydroxylation sites is 2. The van der Waals surface area contributed by atoms with E-state index in [4.69, 9.17) is 4.74 Å².